The molecule has 0 saturated heterocycles. The van der Waals surface area contributed by atoms with Gasteiger partial charge in [-0.1, -0.05) is 5.16 Å². The van der Waals surface area contributed by atoms with Crippen molar-refractivity contribution in [2.45, 2.75) is 51.6 Å². The summed E-state index contributed by atoms with van der Waals surface area (Å²) in [6, 6.07) is 0. The second-order valence-corrected chi connectivity index (χ2v) is 5.57. The maximum Gasteiger partial charge on any atom is 0.333 e. The quantitative estimate of drug-likeness (QED) is 0.930. The van der Waals surface area contributed by atoms with Crippen molar-refractivity contribution in [3.63, 3.8) is 0 Å². The molecule has 1 aliphatic carbocycles. The number of rotatable bonds is 4. The van der Waals surface area contributed by atoms with Crippen molar-refractivity contribution in [1.82, 2.24) is 19.9 Å². The summed E-state index contributed by atoms with van der Waals surface area (Å²) in [5.41, 5.74) is 7.28. The van der Waals surface area contributed by atoms with E-state index in [0.717, 1.165) is 19.3 Å². The Morgan fingerprint density at radius 1 is 1.36 bits per heavy atom. The molecule has 22 heavy (non-hydrogen) atoms. The van der Waals surface area contributed by atoms with Crippen LogP contribution in [0.3, 0.4) is 0 Å². The van der Waals surface area contributed by atoms with Crippen LogP contribution >= 0.6 is 12.4 Å². The molecule has 0 unspecified atom stereocenters. The summed E-state index contributed by atoms with van der Waals surface area (Å²) in [6.07, 6.45) is 3.02. The molecule has 0 atom stereocenters. The van der Waals surface area contributed by atoms with Gasteiger partial charge in [0.05, 0.1) is 17.7 Å². The van der Waals surface area contributed by atoms with E-state index in [1.54, 1.807) is 13.8 Å². The molecule has 0 aromatic carbocycles. The number of hydrogen-bond acceptors (Lipinski definition) is 5. The van der Waals surface area contributed by atoms with Crippen molar-refractivity contribution < 1.29 is 13.3 Å². The van der Waals surface area contributed by atoms with Crippen molar-refractivity contribution in [1.29, 1.82) is 0 Å². The average Bonchev–Trinajstić information content (AvgIpc) is 2.96. The van der Waals surface area contributed by atoms with Crippen molar-refractivity contribution >= 4 is 12.4 Å². The first-order valence-corrected chi connectivity index (χ1v) is 6.85. The molecule has 0 amide bonds. The zero-order valence-corrected chi connectivity index (χ0v) is 13.2. The van der Waals surface area contributed by atoms with E-state index in [4.69, 9.17) is 10.3 Å². The monoisotopic (exact) mass is 333 g/mol. The van der Waals surface area contributed by atoms with Crippen molar-refractivity contribution in [2.24, 2.45) is 5.73 Å². The minimum Gasteiger partial charge on any atom is -0.339 e. The lowest BCUT2D eigenvalue weighted by atomic mass is 9.77. The van der Waals surface area contributed by atoms with Crippen LogP contribution in [0.2, 0.25) is 0 Å². The van der Waals surface area contributed by atoms with Gasteiger partial charge >= 0.3 is 6.55 Å². The van der Waals surface area contributed by atoms with Gasteiger partial charge in [0.1, 0.15) is 0 Å². The first kappa shape index (κ1) is 16.8. The molecule has 1 aliphatic rings. The number of nitrogens with zero attached hydrogens (tertiary/aromatic N) is 4. The minimum absolute atomic E-state index is 0. The molecule has 0 bridgehead atoms. The number of halogens is 3. The molecule has 1 saturated carbocycles. The van der Waals surface area contributed by atoms with E-state index in [-0.39, 0.29) is 18.8 Å². The van der Waals surface area contributed by atoms with Crippen molar-refractivity contribution in [2.75, 3.05) is 0 Å². The molecule has 122 valence electrons. The Labute approximate surface area is 132 Å². The largest absolute Gasteiger partial charge is 0.339 e. The van der Waals surface area contributed by atoms with Gasteiger partial charge in [-0.05, 0) is 33.1 Å². The van der Waals surface area contributed by atoms with Gasteiger partial charge in [-0.3, -0.25) is 0 Å². The average molecular weight is 334 g/mol. The van der Waals surface area contributed by atoms with Crippen LogP contribution < -0.4 is 5.73 Å². The molecule has 2 aromatic heterocycles. The molecular weight excluding hydrogens is 316 g/mol. The van der Waals surface area contributed by atoms with Crippen LogP contribution in [0.5, 0.6) is 0 Å². The van der Waals surface area contributed by atoms with Crippen LogP contribution in [-0.2, 0) is 12.0 Å². The van der Waals surface area contributed by atoms with E-state index in [2.05, 4.69) is 15.2 Å². The molecule has 2 N–H and O–H groups in total. The summed E-state index contributed by atoms with van der Waals surface area (Å²) in [4.78, 5) is 4.31. The Kier molecular flexibility index (Phi) is 4.53. The third kappa shape index (κ3) is 2.72. The topological polar surface area (TPSA) is 82.8 Å². The molecule has 1 fully saturated rings. The zero-order valence-electron chi connectivity index (χ0n) is 12.3. The van der Waals surface area contributed by atoms with Gasteiger partial charge in [-0.15, -0.1) is 12.4 Å². The number of hydrogen-bond donors (Lipinski definition) is 1. The molecule has 0 radical (unpaired) electrons. The maximum atomic E-state index is 12.8. The van der Waals surface area contributed by atoms with Crippen molar-refractivity contribution in [3.05, 3.63) is 28.7 Å². The van der Waals surface area contributed by atoms with Gasteiger partial charge in [0.15, 0.2) is 5.82 Å². The minimum atomic E-state index is -2.65. The smallest absolute Gasteiger partial charge is 0.333 e. The molecule has 9 heteroatoms. The van der Waals surface area contributed by atoms with Gasteiger partial charge in [0.2, 0.25) is 5.89 Å². The predicted octanol–water partition coefficient (Wildman–Crippen LogP) is 2.63. The molecule has 3 rings (SSSR count). The lowest BCUT2D eigenvalue weighted by molar-refractivity contribution is 0.0540. The highest BCUT2D eigenvalue weighted by Gasteiger charge is 2.39. The zero-order chi connectivity index (χ0) is 15.2. The van der Waals surface area contributed by atoms with Gasteiger partial charge in [-0.2, -0.15) is 18.9 Å². The Balaban J connectivity index is 0.00000176. The normalized spacial score (nSPS) is 16.5. The summed E-state index contributed by atoms with van der Waals surface area (Å²) in [7, 11) is 0. The van der Waals surface area contributed by atoms with Crippen LogP contribution in [0, 0.1) is 13.8 Å². The Hall–Kier alpha value is -1.54. The highest BCUT2D eigenvalue weighted by Crippen LogP contribution is 2.37. The lowest BCUT2D eigenvalue weighted by Gasteiger charge is -2.34. The second-order valence-electron chi connectivity index (χ2n) is 5.57. The van der Waals surface area contributed by atoms with Crippen LogP contribution in [0.1, 0.15) is 54.5 Å². The number of alkyl halides is 2. The van der Waals surface area contributed by atoms with E-state index < -0.39 is 12.1 Å². The van der Waals surface area contributed by atoms with Gasteiger partial charge in [-0.25, -0.2) is 4.68 Å². The van der Waals surface area contributed by atoms with Gasteiger partial charge in [0, 0.05) is 11.3 Å². The maximum absolute atomic E-state index is 12.8. The van der Waals surface area contributed by atoms with E-state index in [1.807, 2.05) is 0 Å². The van der Waals surface area contributed by atoms with E-state index >= 15 is 0 Å². The summed E-state index contributed by atoms with van der Waals surface area (Å²) in [6.45, 7) is 0.641. The Morgan fingerprint density at radius 3 is 2.55 bits per heavy atom. The summed E-state index contributed by atoms with van der Waals surface area (Å²) >= 11 is 0. The number of aryl methyl sites for hydroxylation is 1. The highest BCUT2D eigenvalue weighted by molar-refractivity contribution is 5.85. The summed E-state index contributed by atoms with van der Waals surface area (Å²) in [5, 5.41) is 7.76. The molecule has 2 heterocycles. The van der Waals surface area contributed by atoms with Crippen LogP contribution in [0.25, 0.3) is 0 Å². The Bertz CT molecular complexity index is 665. The van der Waals surface area contributed by atoms with E-state index in [1.165, 1.54) is 0 Å². The standard InChI is InChI=1S/C13H17F2N5O.ClH/c1-7-9(8(2)20(18-7)12(14)15)6-10-17-11(19-21-10)13(16)4-3-5-13;/h12H,3-6,16H2,1-2H3;1H. The van der Waals surface area contributed by atoms with Crippen LogP contribution in [-0.4, -0.2) is 19.9 Å². The molecule has 0 spiro atoms. The summed E-state index contributed by atoms with van der Waals surface area (Å²) < 4.78 is 31.5. The number of nitrogens with two attached hydrogens (primary N) is 1. The molecule has 0 aliphatic heterocycles. The summed E-state index contributed by atoms with van der Waals surface area (Å²) in [5.74, 6) is 0.877. The fraction of sp³-hybridized carbons (Fsp3) is 0.615. The van der Waals surface area contributed by atoms with Gasteiger partial charge < -0.3 is 10.3 Å². The third-order valence-corrected chi connectivity index (χ3v) is 4.15. The third-order valence-electron chi connectivity index (χ3n) is 4.15. The fourth-order valence-corrected chi connectivity index (χ4v) is 2.60. The molecular formula is C13H18ClF2N5O. The fourth-order valence-electron chi connectivity index (χ4n) is 2.60. The molecule has 2 aromatic rings. The van der Waals surface area contributed by atoms with E-state index in [0.29, 0.717) is 33.3 Å². The molecule has 6 nitrogen and oxygen atoms in total. The second kappa shape index (κ2) is 5.92. The number of aromatic nitrogens is 4. The van der Waals surface area contributed by atoms with E-state index in [9.17, 15) is 8.78 Å². The lowest BCUT2D eigenvalue weighted by Crippen LogP contribution is -2.44. The first-order chi connectivity index (χ1) is 9.90. The van der Waals surface area contributed by atoms with Crippen LogP contribution in [0.15, 0.2) is 4.52 Å². The van der Waals surface area contributed by atoms with Gasteiger partial charge in [0.25, 0.3) is 0 Å². The van der Waals surface area contributed by atoms with Crippen LogP contribution in [0.4, 0.5) is 8.78 Å². The predicted molar refractivity (Wildman–Crippen MR) is 77.0 cm³/mol. The van der Waals surface area contributed by atoms with Crippen molar-refractivity contribution in [3.8, 4) is 0 Å². The Morgan fingerprint density at radius 2 is 2.05 bits per heavy atom. The highest BCUT2D eigenvalue weighted by atomic mass is 35.5. The first-order valence-electron chi connectivity index (χ1n) is 6.85. The SMILES string of the molecule is Cc1nn(C(F)F)c(C)c1Cc1nc(C2(N)CCC2)no1.Cl.